The Kier molecular flexibility index (Phi) is 6.18. The van der Waals surface area contributed by atoms with Crippen molar-refractivity contribution in [2.75, 3.05) is 26.2 Å². The molecule has 0 unspecified atom stereocenters. The third kappa shape index (κ3) is 5.33. The fourth-order valence-corrected chi connectivity index (χ4v) is 3.72. The number of aliphatic hydroxyl groups excluding tert-OH is 1. The van der Waals surface area contributed by atoms with Gasteiger partial charge in [0.05, 0.1) is 18.1 Å². The van der Waals surface area contributed by atoms with Crippen LogP contribution < -0.4 is 9.64 Å². The Bertz CT molecular complexity index is 460. The number of hydrogen-bond donors (Lipinski definition) is 2. The standard InChI is InChI=1S/C16H23Cl2NO2/c1-11-5-12(2)8-19(7-11)9-14(20)10-21-16-4-3-13(17)6-15(16)18/h3-4,6,11-12,14,20H,5,7-10H2,1-2H3/p+1/t11-,12-,14+/m1/s1. The van der Waals surface area contributed by atoms with Gasteiger partial charge >= 0.3 is 0 Å². The molecule has 118 valence electrons. The zero-order chi connectivity index (χ0) is 15.4. The van der Waals surface area contributed by atoms with Crippen LogP contribution in [0.15, 0.2) is 18.2 Å². The predicted molar refractivity (Wildman–Crippen MR) is 86.5 cm³/mol. The molecule has 0 amide bonds. The van der Waals surface area contributed by atoms with Crippen LogP contribution in [0.5, 0.6) is 5.75 Å². The first-order valence-corrected chi connectivity index (χ1v) is 8.29. The van der Waals surface area contributed by atoms with E-state index in [0.717, 1.165) is 31.5 Å². The van der Waals surface area contributed by atoms with Crippen LogP contribution >= 0.6 is 23.2 Å². The average molecular weight is 333 g/mol. The molecule has 1 saturated heterocycles. The minimum Gasteiger partial charge on any atom is -0.489 e. The number of quaternary nitrogens is 1. The normalized spacial score (nSPS) is 27.4. The van der Waals surface area contributed by atoms with E-state index in [9.17, 15) is 5.11 Å². The molecule has 1 heterocycles. The maximum absolute atomic E-state index is 10.2. The van der Waals surface area contributed by atoms with Crippen molar-refractivity contribution in [2.45, 2.75) is 26.4 Å². The first-order valence-electron chi connectivity index (χ1n) is 7.53. The Morgan fingerprint density at radius 2 is 1.95 bits per heavy atom. The maximum Gasteiger partial charge on any atom is 0.138 e. The van der Waals surface area contributed by atoms with E-state index < -0.39 is 6.10 Å². The summed E-state index contributed by atoms with van der Waals surface area (Å²) in [6.45, 7) is 7.80. The number of halogens is 2. The van der Waals surface area contributed by atoms with Gasteiger partial charge in [0.15, 0.2) is 0 Å². The highest BCUT2D eigenvalue weighted by Crippen LogP contribution is 2.27. The molecule has 1 aromatic carbocycles. The fourth-order valence-electron chi connectivity index (χ4n) is 3.26. The molecule has 0 radical (unpaired) electrons. The number of ether oxygens (including phenoxy) is 1. The Morgan fingerprint density at radius 3 is 2.57 bits per heavy atom. The molecule has 5 heteroatoms. The highest BCUT2D eigenvalue weighted by atomic mass is 35.5. The molecule has 1 aliphatic heterocycles. The molecule has 3 nitrogen and oxygen atoms in total. The van der Waals surface area contributed by atoms with Gasteiger partial charge in [-0.05, 0) is 24.6 Å². The van der Waals surface area contributed by atoms with Crippen molar-refractivity contribution in [3.05, 3.63) is 28.2 Å². The van der Waals surface area contributed by atoms with Crippen LogP contribution in [0.2, 0.25) is 10.0 Å². The second-order valence-electron chi connectivity index (χ2n) is 6.35. The van der Waals surface area contributed by atoms with E-state index in [1.54, 1.807) is 18.2 Å². The molecular formula is C16H24Cl2NO2+. The number of likely N-dealkylation sites (tertiary alicyclic amines) is 1. The van der Waals surface area contributed by atoms with Gasteiger partial charge in [-0.2, -0.15) is 0 Å². The van der Waals surface area contributed by atoms with Gasteiger partial charge in [0.1, 0.15) is 25.0 Å². The molecule has 1 aromatic rings. The lowest BCUT2D eigenvalue weighted by atomic mass is 9.92. The molecule has 0 spiro atoms. The summed E-state index contributed by atoms with van der Waals surface area (Å²) in [5.74, 6) is 2.01. The fraction of sp³-hybridized carbons (Fsp3) is 0.625. The second-order valence-corrected chi connectivity index (χ2v) is 7.19. The molecule has 3 atom stereocenters. The number of hydrogen-bond acceptors (Lipinski definition) is 2. The van der Waals surface area contributed by atoms with Crippen molar-refractivity contribution in [3.63, 3.8) is 0 Å². The first-order chi connectivity index (χ1) is 9.94. The number of piperidine rings is 1. The van der Waals surface area contributed by atoms with E-state index in [1.807, 2.05) is 0 Å². The van der Waals surface area contributed by atoms with Crippen LogP contribution in [0.4, 0.5) is 0 Å². The van der Waals surface area contributed by atoms with Crippen LogP contribution in [0.3, 0.4) is 0 Å². The van der Waals surface area contributed by atoms with E-state index >= 15 is 0 Å². The van der Waals surface area contributed by atoms with E-state index in [0.29, 0.717) is 15.8 Å². The van der Waals surface area contributed by atoms with Gasteiger partial charge in [0.2, 0.25) is 0 Å². The van der Waals surface area contributed by atoms with Gasteiger partial charge in [0, 0.05) is 16.9 Å². The summed E-state index contributed by atoms with van der Waals surface area (Å²) >= 11 is 11.9. The topological polar surface area (TPSA) is 33.9 Å². The van der Waals surface area contributed by atoms with Crippen molar-refractivity contribution in [3.8, 4) is 5.75 Å². The molecule has 0 aliphatic carbocycles. The number of aliphatic hydroxyl groups is 1. The third-order valence-corrected chi connectivity index (χ3v) is 4.46. The van der Waals surface area contributed by atoms with Crippen molar-refractivity contribution in [2.24, 2.45) is 11.8 Å². The molecule has 0 saturated carbocycles. The SMILES string of the molecule is C[C@@H]1C[C@@H](C)C[NH+](C[C@H](O)COc2ccc(Cl)cc2Cl)C1. The van der Waals surface area contributed by atoms with Gasteiger partial charge in [-0.1, -0.05) is 37.0 Å². The van der Waals surface area contributed by atoms with Crippen molar-refractivity contribution in [1.29, 1.82) is 0 Å². The van der Waals surface area contributed by atoms with Crippen molar-refractivity contribution >= 4 is 23.2 Å². The van der Waals surface area contributed by atoms with Crippen LogP contribution in [0.25, 0.3) is 0 Å². The van der Waals surface area contributed by atoms with E-state index in [4.69, 9.17) is 27.9 Å². The second kappa shape index (κ2) is 7.68. The lowest BCUT2D eigenvalue weighted by Gasteiger charge is -2.33. The molecule has 1 fully saturated rings. The maximum atomic E-state index is 10.2. The number of benzene rings is 1. The third-order valence-electron chi connectivity index (χ3n) is 3.93. The molecule has 21 heavy (non-hydrogen) atoms. The highest BCUT2D eigenvalue weighted by Gasteiger charge is 2.26. The summed E-state index contributed by atoms with van der Waals surface area (Å²) in [6, 6.07) is 5.10. The summed E-state index contributed by atoms with van der Waals surface area (Å²) in [4.78, 5) is 1.46. The minimum absolute atomic E-state index is 0.258. The largest absolute Gasteiger partial charge is 0.489 e. The van der Waals surface area contributed by atoms with E-state index in [-0.39, 0.29) is 6.61 Å². The highest BCUT2D eigenvalue weighted by molar-refractivity contribution is 6.35. The van der Waals surface area contributed by atoms with E-state index in [2.05, 4.69) is 13.8 Å². The zero-order valence-corrected chi connectivity index (χ0v) is 14.1. The predicted octanol–water partition coefficient (Wildman–Crippen LogP) is 2.29. The Balaban J connectivity index is 1.80. The Labute approximate surface area is 136 Å². The molecular weight excluding hydrogens is 309 g/mol. The average Bonchev–Trinajstić information content (AvgIpc) is 2.36. The lowest BCUT2D eigenvalue weighted by molar-refractivity contribution is -0.915. The minimum atomic E-state index is -0.482. The monoisotopic (exact) mass is 332 g/mol. The van der Waals surface area contributed by atoms with Crippen LogP contribution in [0.1, 0.15) is 20.3 Å². The van der Waals surface area contributed by atoms with Gasteiger partial charge in [-0.15, -0.1) is 0 Å². The number of rotatable bonds is 5. The van der Waals surface area contributed by atoms with Gasteiger partial charge in [-0.25, -0.2) is 0 Å². The zero-order valence-electron chi connectivity index (χ0n) is 12.6. The van der Waals surface area contributed by atoms with Gasteiger partial charge < -0.3 is 14.7 Å². The summed E-state index contributed by atoms with van der Waals surface area (Å²) in [5.41, 5.74) is 0. The smallest absolute Gasteiger partial charge is 0.138 e. The lowest BCUT2D eigenvalue weighted by Crippen LogP contribution is -3.15. The Hall–Kier alpha value is -0.480. The van der Waals surface area contributed by atoms with Gasteiger partial charge in [-0.3, -0.25) is 0 Å². The number of nitrogens with one attached hydrogen (secondary N) is 1. The summed E-state index contributed by atoms with van der Waals surface area (Å²) in [5, 5.41) is 11.2. The summed E-state index contributed by atoms with van der Waals surface area (Å²) in [7, 11) is 0. The van der Waals surface area contributed by atoms with Crippen molar-refractivity contribution < 1.29 is 14.7 Å². The van der Waals surface area contributed by atoms with E-state index in [1.165, 1.54) is 11.3 Å². The molecule has 2 N–H and O–H groups in total. The van der Waals surface area contributed by atoms with Crippen LogP contribution in [-0.4, -0.2) is 37.5 Å². The molecule has 0 bridgehead atoms. The molecule has 0 aromatic heterocycles. The van der Waals surface area contributed by atoms with Gasteiger partial charge in [0.25, 0.3) is 0 Å². The Morgan fingerprint density at radius 1 is 1.29 bits per heavy atom. The molecule has 2 rings (SSSR count). The van der Waals surface area contributed by atoms with Crippen LogP contribution in [-0.2, 0) is 0 Å². The van der Waals surface area contributed by atoms with Crippen LogP contribution in [0, 0.1) is 11.8 Å². The quantitative estimate of drug-likeness (QED) is 0.867. The first kappa shape index (κ1) is 16.9. The summed E-state index contributed by atoms with van der Waals surface area (Å²) in [6.07, 6.45) is 0.806. The molecule has 1 aliphatic rings. The summed E-state index contributed by atoms with van der Waals surface area (Å²) < 4.78 is 5.59. The van der Waals surface area contributed by atoms with Crippen molar-refractivity contribution in [1.82, 2.24) is 0 Å².